The lowest BCUT2D eigenvalue weighted by Gasteiger charge is -2.34. The second kappa shape index (κ2) is 9.75. The van der Waals surface area contributed by atoms with Crippen LogP contribution >= 0.6 is 0 Å². The van der Waals surface area contributed by atoms with E-state index < -0.39 is 0 Å². The molecule has 0 saturated carbocycles. The smallest absolute Gasteiger partial charge is 0.00505 e. The van der Waals surface area contributed by atoms with E-state index in [1.54, 1.807) is 0 Å². The van der Waals surface area contributed by atoms with Crippen molar-refractivity contribution < 1.29 is 0 Å². The molecule has 0 spiro atoms. The third kappa shape index (κ3) is 5.71. The molecule has 120 valence electrons. The molecule has 0 bridgehead atoms. The number of hydrogen-bond acceptors (Lipinski definition) is 3. The zero-order valence-electron chi connectivity index (χ0n) is 14.4. The van der Waals surface area contributed by atoms with Crippen molar-refractivity contribution in [1.82, 2.24) is 15.1 Å². The Hall–Kier alpha value is -0.120. The molecule has 1 saturated heterocycles. The molecule has 0 aromatic rings. The summed E-state index contributed by atoms with van der Waals surface area (Å²) in [6.45, 7) is 19.0. The van der Waals surface area contributed by atoms with Crippen molar-refractivity contribution in [2.45, 2.75) is 53.4 Å². The number of nitrogens with zero attached hydrogens (tertiary/aromatic N) is 2. The molecule has 3 heteroatoms. The maximum absolute atomic E-state index is 3.59. The summed E-state index contributed by atoms with van der Waals surface area (Å²) in [5.41, 5.74) is 0.556. The molecule has 0 aromatic carbocycles. The molecule has 1 rings (SSSR count). The third-order valence-corrected chi connectivity index (χ3v) is 4.96. The molecule has 1 aliphatic rings. The Morgan fingerprint density at radius 1 is 0.950 bits per heavy atom. The molecule has 20 heavy (non-hydrogen) atoms. The first-order valence-electron chi connectivity index (χ1n) is 8.85. The van der Waals surface area contributed by atoms with Gasteiger partial charge in [-0.1, -0.05) is 34.1 Å². The largest absolute Gasteiger partial charge is 0.316 e. The van der Waals surface area contributed by atoms with Crippen LogP contribution in [0.3, 0.4) is 0 Å². The topological polar surface area (TPSA) is 18.5 Å². The van der Waals surface area contributed by atoms with Gasteiger partial charge in [0.25, 0.3) is 0 Å². The molecule has 0 amide bonds. The van der Waals surface area contributed by atoms with Gasteiger partial charge in [0.15, 0.2) is 0 Å². The monoisotopic (exact) mass is 283 g/mol. The first-order chi connectivity index (χ1) is 9.69. The lowest BCUT2D eigenvalue weighted by molar-refractivity contribution is 0.150. The zero-order valence-corrected chi connectivity index (χ0v) is 14.4. The summed E-state index contributed by atoms with van der Waals surface area (Å²) in [6, 6.07) is 0. The number of nitrogens with one attached hydrogen (secondary N) is 1. The first-order valence-corrected chi connectivity index (χ1v) is 8.85. The maximum Gasteiger partial charge on any atom is 0.00505 e. The van der Waals surface area contributed by atoms with Gasteiger partial charge in [-0.25, -0.2) is 0 Å². The Labute approximate surface area is 127 Å². The maximum atomic E-state index is 3.59. The predicted octanol–water partition coefficient (Wildman–Crippen LogP) is 2.82. The van der Waals surface area contributed by atoms with Crippen molar-refractivity contribution >= 4 is 0 Å². The van der Waals surface area contributed by atoms with Gasteiger partial charge < -0.3 is 15.1 Å². The molecule has 0 radical (unpaired) electrons. The van der Waals surface area contributed by atoms with E-state index in [0.717, 1.165) is 0 Å². The summed E-state index contributed by atoms with van der Waals surface area (Å²) in [5.74, 6) is 0. The highest BCUT2D eigenvalue weighted by molar-refractivity contribution is 4.90. The molecule has 3 nitrogen and oxygen atoms in total. The van der Waals surface area contributed by atoms with Crippen LogP contribution in [0.4, 0.5) is 0 Å². The van der Waals surface area contributed by atoms with Gasteiger partial charge in [-0.3, -0.25) is 0 Å². The van der Waals surface area contributed by atoms with E-state index in [0.29, 0.717) is 5.41 Å². The van der Waals surface area contributed by atoms with E-state index in [9.17, 15) is 0 Å². The fourth-order valence-electron chi connectivity index (χ4n) is 3.63. The molecule has 1 heterocycles. The normalized spacial score (nSPS) is 23.1. The second-order valence-electron chi connectivity index (χ2n) is 6.43. The lowest BCUT2D eigenvalue weighted by atomic mass is 9.82. The summed E-state index contributed by atoms with van der Waals surface area (Å²) in [6.07, 6.45) is 5.38. The Morgan fingerprint density at radius 3 is 2.10 bits per heavy atom. The van der Waals surface area contributed by atoms with Crippen LogP contribution in [0.25, 0.3) is 0 Å². The van der Waals surface area contributed by atoms with E-state index in [2.05, 4.69) is 42.8 Å². The summed E-state index contributed by atoms with van der Waals surface area (Å²) in [4.78, 5) is 5.22. The second-order valence-corrected chi connectivity index (χ2v) is 6.43. The fraction of sp³-hybridized carbons (Fsp3) is 1.00. The average molecular weight is 284 g/mol. The van der Waals surface area contributed by atoms with Crippen LogP contribution in [0.5, 0.6) is 0 Å². The molecule has 1 unspecified atom stereocenters. The van der Waals surface area contributed by atoms with Crippen LogP contribution in [0.1, 0.15) is 53.4 Å². The zero-order chi connectivity index (χ0) is 14.8. The Kier molecular flexibility index (Phi) is 8.74. The van der Waals surface area contributed by atoms with Crippen LogP contribution in [0, 0.1) is 5.41 Å². The molecule has 0 aromatic heterocycles. The highest BCUT2D eigenvalue weighted by atomic mass is 15.2. The van der Waals surface area contributed by atoms with Crippen LogP contribution in [0.15, 0.2) is 0 Å². The number of hydrogen-bond donors (Lipinski definition) is 1. The van der Waals surface area contributed by atoms with E-state index in [-0.39, 0.29) is 0 Å². The van der Waals surface area contributed by atoms with Crippen LogP contribution in [-0.4, -0.2) is 62.2 Å². The van der Waals surface area contributed by atoms with Gasteiger partial charge >= 0.3 is 0 Å². The van der Waals surface area contributed by atoms with Gasteiger partial charge in [-0.2, -0.15) is 0 Å². The minimum atomic E-state index is 0.556. The van der Waals surface area contributed by atoms with Gasteiger partial charge in [-0.05, 0) is 63.9 Å². The Morgan fingerprint density at radius 2 is 1.60 bits per heavy atom. The van der Waals surface area contributed by atoms with Crippen LogP contribution in [0.2, 0.25) is 0 Å². The summed E-state index contributed by atoms with van der Waals surface area (Å²) < 4.78 is 0. The van der Waals surface area contributed by atoms with E-state index >= 15 is 0 Å². The average Bonchev–Trinajstić information content (AvgIpc) is 2.91. The first kappa shape index (κ1) is 17.9. The van der Waals surface area contributed by atoms with Crippen molar-refractivity contribution in [2.24, 2.45) is 5.41 Å². The summed E-state index contributed by atoms with van der Waals surface area (Å²) in [7, 11) is 0. The van der Waals surface area contributed by atoms with Crippen molar-refractivity contribution in [2.75, 3.05) is 52.4 Å². The third-order valence-electron chi connectivity index (χ3n) is 4.96. The standard InChI is InChI=1S/C17H37N3/c1-5-10-17(11-12-18-15-17)16-20(8-4)14-9-13-19(6-2)7-3/h18H,5-16H2,1-4H3. The van der Waals surface area contributed by atoms with Crippen molar-refractivity contribution in [3.05, 3.63) is 0 Å². The van der Waals surface area contributed by atoms with Gasteiger partial charge in [0.05, 0.1) is 0 Å². The highest BCUT2D eigenvalue weighted by Gasteiger charge is 2.34. The lowest BCUT2D eigenvalue weighted by Crippen LogP contribution is -2.40. The molecule has 1 N–H and O–H groups in total. The summed E-state index contributed by atoms with van der Waals surface area (Å²) >= 11 is 0. The van der Waals surface area contributed by atoms with Crippen molar-refractivity contribution in [3.8, 4) is 0 Å². The van der Waals surface area contributed by atoms with Gasteiger partial charge in [-0.15, -0.1) is 0 Å². The SMILES string of the molecule is CCCC1(CN(CC)CCCN(CC)CC)CCNC1. The Balaban J connectivity index is 2.37. The molecule has 0 aliphatic carbocycles. The summed E-state index contributed by atoms with van der Waals surface area (Å²) in [5, 5.41) is 3.59. The molecular formula is C17H37N3. The Bertz CT molecular complexity index is 232. The minimum Gasteiger partial charge on any atom is -0.316 e. The molecule has 1 aliphatic heterocycles. The van der Waals surface area contributed by atoms with E-state index in [1.807, 2.05) is 0 Å². The minimum absolute atomic E-state index is 0.556. The molecular weight excluding hydrogens is 246 g/mol. The van der Waals surface area contributed by atoms with Crippen molar-refractivity contribution in [3.63, 3.8) is 0 Å². The quantitative estimate of drug-likeness (QED) is 0.629. The molecule has 1 fully saturated rings. The predicted molar refractivity (Wildman–Crippen MR) is 89.3 cm³/mol. The van der Waals surface area contributed by atoms with E-state index in [4.69, 9.17) is 0 Å². The highest BCUT2D eigenvalue weighted by Crippen LogP contribution is 2.32. The van der Waals surface area contributed by atoms with Gasteiger partial charge in [0, 0.05) is 13.1 Å². The van der Waals surface area contributed by atoms with Gasteiger partial charge in [0.1, 0.15) is 0 Å². The van der Waals surface area contributed by atoms with Crippen molar-refractivity contribution in [1.29, 1.82) is 0 Å². The van der Waals surface area contributed by atoms with Crippen LogP contribution in [-0.2, 0) is 0 Å². The van der Waals surface area contributed by atoms with Crippen LogP contribution < -0.4 is 5.32 Å². The fourth-order valence-corrected chi connectivity index (χ4v) is 3.63. The number of rotatable bonds is 11. The van der Waals surface area contributed by atoms with Gasteiger partial charge in [0.2, 0.25) is 0 Å². The molecule has 1 atom stereocenters. The van der Waals surface area contributed by atoms with E-state index in [1.165, 1.54) is 78.0 Å².